The zero-order valence-electron chi connectivity index (χ0n) is 14.9. The quantitative estimate of drug-likeness (QED) is 0.618. The number of hydrazine groups is 1. The van der Waals surface area contributed by atoms with Gasteiger partial charge in [0.05, 0.1) is 0 Å². The van der Waals surface area contributed by atoms with Crippen molar-refractivity contribution in [3.63, 3.8) is 0 Å². The fraction of sp³-hybridized carbons (Fsp3) is 0.150. The molecule has 7 nitrogen and oxygen atoms in total. The average molecular weight is 365 g/mol. The van der Waals surface area contributed by atoms with Gasteiger partial charge >= 0.3 is 5.91 Å². The number of amides is 3. The van der Waals surface area contributed by atoms with Crippen molar-refractivity contribution in [1.82, 2.24) is 16.2 Å². The Hall–Kier alpha value is -3.61. The largest absolute Gasteiger partial charge is 0.451 e. The molecule has 0 spiro atoms. The second-order valence-corrected chi connectivity index (χ2v) is 6.06. The number of fused-ring (bicyclic) bond motifs is 1. The molecule has 0 aliphatic heterocycles. The van der Waals surface area contributed by atoms with E-state index >= 15 is 0 Å². The van der Waals surface area contributed by atoms with Crippen LogP contribution >= 0.6 is 0 Å². The molecular formula is C20H19N3O4. The molecule has 0 radical (unpaired) electrons. The molecule has 0 saturated heterocycles. The highest BCUT2D eigenvalue weighted by Gasteiger charge is 2.20. The van der Waals surface area contributed by atoms with E-state index in [1.807, 2.05) is 18.2 Å². The third-order valence-corrected chi connectivity index (χ3v) is 4.13. The number of furan rings is 1. The van der Waals surface area contributed by atoms with Gasteiger partial charge in [-0.1, -0.05) is 36.4 Å². The van der Waals surface area contributed by atoms with E-state index in [0.29, 0.717) is 16.7 Å². The first-order valence-electron chi connectivity index (χ1n) is 8.41. The summed E-state index contributed by atoms with van der Waals surface area (Å²) >= 11 is 0. The predicted octanol–water partition coefficient (Wildman–Crippen LogP) is 2.32. The van der Waals surface area contributed by atoms with E-state index in [1.54, 1.807) is 43.3 Å². The number of hydrogen-bond donors (Lipinski definition) is 3. The zero-order chi connectivity index (χ0) is 19.4. The van der Waals surface area contributed by atoms with Gasteiger partial charge in [0.1, 0.15) is 11.6 Å². The van der Waals surface area contributed by atoms with Gasteiger partial charge in [0, 0.05) is 16.5 Å². The number of carbonyl (C=O) groups is 3. The molecule has 3 amide bonds. The molecular weight excluding hydrogens is 346 g/mol. The highest BCUT2D eigenvalue weighted by atomic mass is 16.3. The second-order valence-electron chi connectivity index (χ2n) is 6.06. The van der Waals surface area contributed by atoms with Gasteiger partial charge in [-0.15, -0.1) is 0 Å². The van der Waals surface area contributed by atoms with Crippen molar-refractivity contribution >= 4 is 28.7 Å². The van der Waals surface area contributed by atoms with Gasteiger partial charge in [-0.25, -0.2) is 0 Å². The number of para-hydroxylation sites is 1. The first kappa shape index (κ1) is 18.2. The summed E-state index contributed by atoms with van der Waals surface area (Å²) in [5.41, 5.74) is 6.33. The lowest BCUT2D eigenvalue weighted by atomic mass is 10.1. The molecule has 3 rings (SSSR count). The van der Waals surface area contributed by atoms with Crippen LogP contribution in [0.3, 0.4) is 0 Å². The van der Waals surface area contributed by atoms with Crippen molar-refractivity contribution in [3.8, 4) is 0 Å². The van der Waals surface area contributed by atoms with Crippen LogP contribution in [-0.4, -0.2) is 23.8 Å². The highest BCUT2D eigenvalue weighted by molar-refractivity contribution is 6.00. The van der Waals surface area contributed by atoms with Crippen molar-refractivity contribution < 1.29 is 18.8 Å². The summed E-state index contributed by atoms with van der Waals surface area (Å²) in [5.74, 6) is -1.38. The maximum atomic E-state index is 12.3. The Labute approximate surface area is 155 Å². The number of benzene rings is 2. The maximum absolute atomic E-state index is 12.3. The smallest absolute Gasteiger partial charge is 0.305 e. The zero-order valence-corrected chi connectivity index (χ0v) is 14.9. The van der Waals surface area contributed by atoms with Crippen molar-refractivity contribution in [1.29, 1.82) is 0 Å². The van der Waals surface area contributed by atoms with Crippen molar-refractivity contribution in [3.05, 3.63) is 71.5 Å². The molecule has 0 aliphatic carbocycles. The second kappa shape index (κ2) is 7.74. The lowest BCUT2D eigenvalue weighted by Crippen LogP contribution is -2.51. The maximum Gasteiger partial charge on any atom is 0.305 e. The molecule has 3 aromatic rings. The molecule has 1 aromatic heterocycles. The SMILES string of the molecule is Cc1c(C(=O)NNC(=O)[C@H](C)NC(=O)c2ccccc2)oc2ccccc12. The summed E-state index contributed by atoms with van der Waals surface area (Å²) in [5, 5.41) is 3.40. The van der Waals surface area contributed by atoms with Crippen LogP contribution < -0.4 is 16.2 Å². The molecule has 2 aromatic carbocycles. The van der Waals surface area contributed by atoms with Gasteiger partial charge in [0.2, 0.25) is 0 Å². The van der Waals surface area contributed by atoms with Gasteiger partial charge < -0.3 is 9.73 Å². The molecule has 1 heterocycles. The van der Waals surface area contributed by atoms with Gasteiger partial charge in [0.25, 0.3) is 11.8 Å². The minimum atomic E-state index is -0.838. The molecule has 0 fully saturated rings. The topological polar surface area (TPSA) is 100 Å². The van der Waals surface area contributed by atoms with Gasteiger partial charge in [-0.2, -0.15) is 0 Å². The Kier molecular flexibility index (Phi) is 5.21. The molecule has 7 heteroatoms. The molecule has 0 bridgehead atoms. The molecule has 0 saturated carbocycles. The molecule has 3 N–H and O–H groups in total. The first-order valence-corrected chi connectivity index (χ1v) is 8.41. The molecule has 0 unspecified atom stereocenters. The standard InChI is InChI=1S/C20H19N3O4/c1-12-15-10-6-7-11-16(15)27-17(12)20(26)23-22-18(24)13(2)21-19(25)14-8-4-3-5-9-14/h3-11,13H,1-2H3,(H,21,25)(H,22,24)(H,23,26)/t13-/m0/s1. The molecule has 27 heavy (non-hydrogen) atoms. The minimum Gasteiger partial charge on any atom is -0.451 e. The fourth-order valence-electron chi connectivity index (χ4n) is 2.61. The van der Waals surface area contributed by atoms with E-state index < -0.39 is 17.9 Å². The van der Waals surface area contributed by atoms with E-state index in [2.05, 4.69) is 16.2 Å². The number of carbonyl (C=O) groups excluding carboxylic acids is 3. The number of aryl methyl sites for hydroxylation is 1. The Bertz CT molecular complexity index is 995. The summed E-state index contributed by atoms with van der Waals surface area (Å²) in [7, 11) is 0. The summed E-state index contributed by atoms with van der Waals surface area (Å²) in [6.45, 7) is 3.29. The van der Waals surface area contributed by atoms with E-state index in [1.165, 1.54) is 6.92 Å². The fourth-order valence-corrected chi connectivity index (χ4v) is 2.61. The van der Waals surface area contributed by atoms with Gasteiger partial charge in [-0.3, -0.25) is 25.2 Å². The van der Waals surface area contributed by atoms with Crippen LogP contribution in [0.4, 0.5) is 0 Å². The first-order chi connectivity index (χ1) is 13.0. The van der Waals surface area contributed by atoms with Gasteiger partial charge in [-0.05, 0) is 32.0 Å². The number of nitrogens with one attached hydrogen (secondary N) is 3. The normalized spacial score (nSPS) is 11.6. The summed E-state index contributed by atoms with van der Waals surface area (Å²) in [6.07, 6.45) is 0. The number of rotatable bonds is 4. The molecule has 1 atom stereocenters. The average Bonchev–Trinajstić information content (AvgIpc) is 3.03. The Balaban J connectivity index is 1.58. The monoisotopic (exact) mass is 365 g/mol. The third kappa shape index (κ3) is 3.98. The third-order valence-electron chi connectivity index (χ3n) is 4.13. The lowest BCUT2D eigenvalue weighted by molar-refractivity contribution is -0.123. The number of hydrogen-bond acceptors (Lipinski definition) is 4. The van der Waals surface area contributed by atoms with Crippen LogP contribution in [0.2, 0.25) is 0 Å². The van der Waals surface area contributed by atoms with Crippen molar-refractivity contribution in [2.24, 2.45) is 0 Å². The molecule has 0 aliphatic rings. The Morgan fingerprint density at radius 1 is 0.889 bits per heavy atom. The summed E-state index contributed by atoms with van der Waals surface area (Å²) in [4.78, 5) is 36.5. The Morgan fingerprint density at radius 2 is 1.56 bits per heavy atom. The summed E-state index contributed by atoms with van der Waals surface area (Å²) < 4.78 is 5.54. The minimum absolute atomic E-state index is 0.123. The lowest BCUT2D eigenvalue weighted by Gasteiger charge is -2.14. The van der Waals surface area contributed by atoms with Crippen LogP contribution in [-0.2, 0) is 4.79 Å². The van der Waals surface area contributed by atoms with Crippen LogP contribution in [0.15, 0.2) is 59.0 Å². The van der Waals surface area contributed by atoms with Crippen LogP contribution in [0, 0.1) is 6.92 Å². The predicted molar refractivity (Wildman–Crippen MR) is 99.9 cm³/mol. The van der Waals surface area contributed by atoms with Crippen LogP contribution in [0.5, 0.6) is 0 Å². The van der Waals surface area contributed by atoms with Crippen LogP contribution in [0.1, 0.15) is 33.4 Å². The summed E-state index contributed by atoms with van der Waals surface area (Å²) in [6, 6.07) is 15.0. The van der Waals surface area contributed by atoms with E-state index in [0.717, 1.165) is 5.39 Å². The van der Waals surface area contributed by atoms with Gasteiger partial charge in [0.15, 0.2) is 5.76 Å². The van der Waals surface area contributed by atoms with Crippen molar-refractivity contribution in [2.45, 2.75) is 19.9 Å². The highest BCUT2D eigenvalue weighted by Crippen LogP contribution is 2.24. The van der Waals surface area contributed by atoms with E-state index in [-0.39, 0.29) is 11.7 Å². The van der Waals surface area contributed by atoms with Crippen molar-refractivity contribution in [2.75, 3.05) is 0 Å². The van der Waals surface area contributed by atoms with E-state index in [4.69, 9.17) is 4.42 Å². The van der Waals surface area contributed by atoms with E-state index in [9.17, 15) is 14.4 Å². The molecule has 138 valence electrons. The van der Waals surface area contributed by atoms with Crippen LogP contribution in [0.25, 0.3) is 11.0 Å². The Morgan fingerprint density at radius 3 is 2.26 bits per heavy atom.